The number of rotatable bonds is 6. The maximum Gasteiger partial charge on any atom is 0.234 e. The number of amides is 1. The van der Waals surface area contributed by atoms with Crippen LogP contribution in [0.3, 0.4) is 0 Å². The molecule has 0 unspecified atom stereocenters. The molecule has 1 aromatic carbocycles. The summed E-state index contributed by atoms with van der Waals surface area (Å²) >= 11 is 0. The Morgan fingerprint density at radius 3 is 2.50 bits per heavy atom. The molecular weight excluding hydrogens is 362 g/mol. The lowest BCUT2D eigenvalue weighted by molar-refractivity contribution is -0.121. The van der Waals surface area contributed by atoms with Gasteiger partial charge in [-0.2, -0.15) is 5.26 Å². The fourth-order valence-electron chi connectivity index (χ4n) is 4.26. The molecule has 1 aliphatic heterocycles. The molecule has 28 heavy (non-hydrogen) atoms. The summed E-state index contributed by atoms with van der Waals surface area (Å²) in [5.74, 6) is -0.524. The van der Waals surface area contributed by atoms with Crippen molar-refractivity contribution in [2.75, 3.05) is 37.6 Å². The molecule has 1 amide bonds. The van der Waals surface area contributed by atoms with E-state index in [-0.39, 0.29) is 18.4 Å². The van der Waals surface area contributed by atoms with Crippen molar-refractivity contribution in [3.63, 3.8) is 0 Å². The first-order valence-corrected chi connectivity index (χ1v) is 10.1. The Kier molecular flexibility index (Phi) is 7.21. The third kappa shape index (κ3) is 5.65. The van der Waals surface area contributed by atoms with Crippen LogP contribution in [0.15, 0.2) is 18.2 Å². The number of nitriles is 1. The average molecular weight is 390 g/mol. The number of halogens is 2. The van der Waals surface area contributed by atoms with Gasteiger partial charge in [0.25, 0.3) is 0 Å². The molecule has 1 saturated carbocycles. The van der Waals surface area contributed by atoms with Gasteiger partial charge >= 0.3 is 0 Å². The van der Waals surface area contributed by atoms with E-state index < -0.39 is 11.6 Å². The molecule has 0 aromatic heterocycles. The van der Waals surface area contributed by atoms with E-state index in [2.05, 4.69) is 10.2 Å². The van der Waals surface area contributed by atoms with Crippen LogP contribution in [0.25, 0.3) is 0 Å². The Balaban J connectivity index is 1.35. The third-order valence-electron chi connectivity index (χ3n) is 5.93. The largest absolute Gasteiger partial charge is 0.367 e. The summed E-state index contributed by atoms with van der Waals surface area (Å²) in [5, 5.41) is 11.5. The van der Waals surface area contributed by atoms with Gasteiger partial charge in [-0.3, -0.25) is 9.69 Å². The minimum Gasteiger partial charge on any atom is -0.367 e. The predicted molar refractivity (Wildman–Crippen MR) is 104 cm³/mol. The number of carbonyl (C=O) groups excluding carboxylic acids is 1. The number of anilines is 1. The second kappa shape index (κ2) is 9.83. The molecule has 7 heteroatoms. The molecule has 3 rings (SSSR count). The maximum atomic E-state index is 13.9. The summed E-state index contributed by atoms with van der Waals surface area (Å²) < 4.78 is 27.0. The Morgan fingerprint density at radius 2 is 1.86 bits per heavy atom. The molecule has 0 radical (unpaired) electrons. The van der Waals surface area contributed by atoms with Gasteiger partial charge < -0.3 is 10.2 Å². The number of carbonyl (C=O) groups is 1. The molecule has 0 atom stereocenters. The van der Waals surface area contributed by atoms with Gasteiger partial charge in [-0.1, -0.05) is 0 Å². The molecule has 0 spiro atoms. The van der Waals surface area contributed by atoms with Gasteiger partial charge in [-0.05, 0) is 56.7 Å². The number of piperazine rings is 1. The van der Waals surface area contributed by atoms with E-state index in [0.717, 1.165) is 70.9 Å². The highest BCUT2D eigenvalue weighted by Crippen LogP contribution is 2.28. The lowest BCUT2D eigenvalue weighted by Gasteiger charge is -2.37. The lowest BCUT2D eigenvalue weighted by atomic mass is 9.84. The SMILES string of the molecule is N#CCC(=O)NC1CCC(CCN2CCN(c3ccc(F)cc3F)CC2)CC1. The van der Waals surface area contributed by atoms with Crippen molar-refractivity contribution in [3.8, 4) is 6.07 Å². The molecule has 1 saturated heterocycles. The molecule has 2 fully saturated rings. The van der Waals surface area contributed by atoms with Crippen LogP contribution >= 0.6 is 0 Å². The van der Waals surface area contributed by atoms with Crippen molar-refractivity contribution in [3.05, 3.63) is 29.8 Å². The van der Waals surface area contributed by atoms with Crippen LogP contribution in [-0.2, 0) is 4.79 Å². The van der Waals surface area contributed by atoms with Gasteiger partial charge in [0.2, 0.25) is 5.91 Å². The van der Waals surface area contributed by atoms with Gasteiger partial charge in [-0.15, -0.1) is 0 Å². The highest BCUT2D eigenvalue weighted by molar-refractivity contribution is 5.78. The summed E-state index contributed by atoms with van der Waals surface area (Å²) in [7, 11) is 0. The summed E-state index contributed by atoms with van der Waals surface area (Å²) in [5.41, 5.74) is 0.484. The molecule has 1 heterocycles. The highest BCUT2D eigenvalue weighted by Gasteiger charge is 2.24. The molecule has 1 N–H and O–H groups in total. The van der Waals surface area contributed by atoms with Crippen LogP contribution in [-0.4, -0.2) is 49.6 Å². The van der Waals surface area contributed by atoms with E-state index in [1.165, 1.54) is 12.1 Å². The van der Waals surface area contributed by atoms with Crippen molar-refractivity contribution < 1.29 is 13.6 Å². The molecular formula is C21H28F2N4O. The number of benzene rings is 1. The minimum absolute atomic E-state index is 0.0618. The van der Waals surface area contributed by atoms with E-state index in [1.54, 1.807) is 0 Å². The summed E-state index contributed by atoms with van der Waals surface area (Å²) in [6.07, 6.45) is 5.27. The Morgan fingerprint density at radius 1 is 1.14 bits per heavy atom. The van der Waals surface area contributed by atoms with Crippen molar-refractivity contribution >= 4 is 11.6 Å². The monoisotopic (exact) mass is 390 g/mol. The third-order valence-corrected chi connectivity index (χ3v) is 5.93. The normalized spacial score (nSPS) is 23.2. The summed E-state index contributed by atoms with van der Waals surface area (Å²) in [6.45, 7) is 4.31. The fourth-order valence-corrected chi connectivity index (χ4v) is 4.26. The lowest BCUT2D eigenvalue weighted by Crippen LogP contribution is -2.47. The Bertz CT molecular complexity index is 705. The van der Waals surface area contributed by atoms with Crippen molar-refractivity contribution in [1.82, 2.24) is 10.2 Å². The number of hydrogen-bond donors (Lipinski definition) is 1. The summed E-state index contributed by atoms with van der Waals surface area (Å²) in [4.78, 5) is 15.9. The maximum absolute atomic E-state index is 13.9. The van der Waals surface area contributed by atoms with Crippen LogP contribution in [0, 0.1) is 28.9 Å². The standard InChI is InChI=1S/C21H28F2N4O/c22-17-3-6-20(19(23)15-17)27-13-11-26(12-14-27)10-8-16-1-4-18(5-2-16)25-21(28)7-9-24/h3,6,15-16,18H,1-2,4-5,7-8,10-14H2,(H,25,28). The number of hydrogen-bond acceptors (Lipinski definition) is 4. The highest BCUT2D eigenvalue weighted by atomic mass is 19.1. The van der Waals surface area contributed by atoms with Crippen molar-refractivity contribution in [2.24, 2.45) is 5.92 Å². The molecule has 1 aromatic rings. The van der Waals surface area contributed by atoms with Crippen LogP contribution in [0.4, 0.5) is 14.5 Å². The van der Waals surface area contributed by atoms with Gasteiger partial charge in [0.15, 0.2) is 0 Å². The van der Waals surface area contributed by atoms with Gasteiger partial charge in [-0.25, -0.2) is 8.78 Å². The molecule has 2 aliphatic rings. The molecule has 152 valence electrons. The van der Waals surface area contributed by atoms with Crippen LogP contribution in [0.1, 0.15) is 38.5 Å². The average Bonchev–Trinajstić information content (AvgIpc) is 2.68. The zero-order valence-corrected chi connectivity index (χ0v) is 16.2. The molecule has 0 bridgehead atoms. The number of nitrogens with one attached hydrogen (secondary N) is 1. The quantitative estimate of drug-likeness (QED) is 0.811. The first-order valence-electron chi connectivity index (χ1n) is 10.1. The van der Waals surface area contributed by atoms with Crippen molar-refractivity contribution in [1.29, 1.82) is 5.26 Å². The molecule has 5 nitrogen and oxygen atoms in total. The summed E-state index contributed by atoms with van der Waals surface area (Å²) in [6, 6.07) is 5.87. The smallest absolute Gasteiger partial charge is 0.234 e. The zero-order chi connectivity index (χ0) is 19.9. The van der Waals surface area contributed by atoms with Gasteiger partial charge in [0.1, 0.15) is 18.1 Å². The second-order valence-corrected chi connectivity index (χ2v) is 7.83. The van der Waals surface area contributed by atoms with Gasteiger partial charge in [0, 0.05) is 38.3 Å². The van der Waals surface area contributed by atoms with E-state index in [1.807, 2.05) is 11.0 Å². The zero-order valence-electron chi connectivity index (χ0n) is 16.2. The van der Waals surface area contributed by atoms with E-state index in [9.17, 15) is 13.6 Å². The van der Waals surface area contributed by atoms with E-state index in [4.69, 9.17) is 5.26 Å². The predicted octanol–water partition coefficient (Wildman–Crippen LogP) is 3.07. The van der Waals surface area contributed by atoms with Crippen LogP contribution in [0.5, 0.6) is 0 Å². The topological polar surface area (TPSA) is 59.4 Å². The second-order valence-electron chi connectivity index (χ2n) is 7.83. The Hall–Kier alpha value is -2.20. The van der Waals surface area contributed by atoms with E-state index in [0.29, 0.717) is 11.6 Å². The Labute approximate surface area is 165 Å². The first kappa shape index (κ1) is 20.5. The minimum atomic E-state index is -0.542. The van der Waals surface area contributed by atoms with Crippen molar-refractivity contribution in [2.45, 2.75) is 44.6 Å². The van der Waals surface area contributed by atoms with Gasteiger partial charge in [0.05, 0.1) is 11.8 Å². The first-order chi connectivity index (χ1) is 13.5. The number of nitrogens with zero attached hydrogens (tertiary/aromatic N) is 3. The fraction of sp³-hybridized carbons (Fsp3) is 0.619. The van der Waals surface area contributed by atoms with E-state index >= 15 is 0 Å². The van der Waals surface area contributed by atoms with Crippen LogP contribution in [0.2, 0.25) is 0 Å². The molecule has 1 aliphatic carbocycles. The van der Waals surface area contributed by atoms with Crippen LogP contribution < -0.4 is 10.2 Å².